The average molecular weight is 573 g/mol. The Hall–Kier alpha value is -3.65. The normalized spacial score (nSPS) is 10.7. The molecule has 0 radical (unpaired) electrons. The predicted molar refractivity (Wildman–Crippen MR) is 148 cm³/mol. The van der Waals surface area contributed by atoms with Crippen LogP contribution < -0.4 is 10.6 Å². The largest absolute Gasteiger partial charge is 0.481 e. The van der Waals surface area contributed by atoms with Crippen molar-refractivity contribution in [3.05, 3.63) is 105 Å². The van der Waals surface area contributed by atoms with Crippen molar-refractivity contribution in [1.82, 2.24) is 10.3 Å². The summed E-state index contributed by atoms with van der Waals surface area (Å²) >= 11 is 18.7. The number of carboxylic acid groups (broad SMARTS) is 1. The average Bonchev–Trinajstić information content (AvgIpc) is 2.89. The minimum atomic E-state index is -0.994. The summed E-state index contributed by atoms with van der Waals surface area (Å²) in [6, 6.07) is 18.8. The number of aliphatic carboxylic acids is 1. The van der Waals surface area contributed by atoms with Crippen molar-refractivity contribution in [3.63, 3.8) is 0 Å². The van der Waals surface area contributed by atoms with Gasteiger partial charge in [0.05, 0.1) is 16.5 Å². The molecule has 3 aromatic carbocycles. The molecule has 3 N–H and O–H groups in total. The second-order valence-electron chi connectivity index (χ2n) is 8.31. The van der Waals surface area contributed by atoms with Gasteiger partial charge in [-0.1, -0.05) is 59.1 Å². The second-order valence-corrected chi connectivity index (χ2v) is 9.56. The highest BCUT2D eigenvalue weighted by Crippen LogP contribution is 2.33. The van der Waals surface area contributed by atoms with Crippen molar-refractivity contribution in [2.24, 2.45) is 0 Å². The smallest absolute Gasteiger partial charge is 0.305 e. The number of hydrogen-bond acceptors (Lipinski definition) is 4. The molecule has 4 rings (SSSR count). The Morgan fingerprint density at radius 2 is 1.66 bits per heavy atom. The maximum atomic E-state index is 13.5. The number of hydrogen-bond donors (Lipinski definition) is 3. The summed E-state index contributed by atoms with van der Waals surface area (Å²) in [4.78, 5) is 27.1. The van der Waals surface area contributed by atoms with Crippen LogP contribution in [0.1, 0.15) is 22.5 Å². The minimum Gasteiger partial charge on any atom is -0.481 e. The molecule has 6 nitrogen and oxygen atoms in total. The van der Waals surface area contributed by atoms with Gasteiger partial charge in [0.1, 0.15) is 11.5 Å². The van der Waals surface area contributed by atoms with Gasteiger partial charge in [0.25, 0.3) is 5.91 Å². The van der Waals surface area contributed by atoms with Crippen molar-refractivity contribution < 1.29 is 19.1 Å². The number of halogens is 4. The summed E-state index contributed by atoms with van der Waals surface area (Å²) in [6.45, 7) is 0.465. The quantitative estimate of drug-likeness (QED) is 0.195. The van der Waals surface area contributed by atoms with Crippen LogP contribution in [0.5, 0.6) is 0 Å². The molecule has 1 heterocycles. The molecule has 0 unspecified atom stereocenters. The van der Waals surface area contributed by atoms with Gasteiger partial charge in [-0.3, -0.25) is 14.6 Å². The SMILES string of the molecule is O=C(O)CCNC(=O)c1ccc(-c2cc(Cl)ccc2CNc2ccc(-c3ccc(F)c(Cl)c3)c(Cl)c2)cn1. The summed E-state index contributed by atoms with van der Waals surface area (Å²) in [7, 11) is 0. The van der Waals surface area contributed by atoms with E-state index in [0.717, 1.165) is 27.9 Å². The third-order valence-corrected chi connectivity index (χ3v) is 6.52. The molecule has 38 heavy (non-hydrogen) atoms. The minimum absolute atomic E-state index is 0.0182. The van der Waals surface area contributed by atoms with Crippen LogP contribution in [-0.4, -0.2) is 28.5 Å². The number of nitrogens with one attached hydrogen (secondary N) is 2. The number of carbonyl (C=O) groups excluding carboxylic acids is 1. The molecule has 0 atom stereocenters. The molecule has 0 saturated carbocycles. The molecule has 0 aliphatic rings. The van der Waals surface area contributed by atoms with E-state index in [-0.39, 0.29) is 23.7 Å². The first kappa shape index (κ1) is 27.4. The van der Waals surface area contributed by atoms with Gasteiger partial charge in [-0.05, 0) is 59.2 Å². The van der Waals surface area contributed by atoms with Crippen LogP contribution in [-0.2, 0) is 11.3 Å². The summed E-state index contributed by atoms with van der Waals surface area (Å²) in [5.74, 6) is -1.94. The molecular formula is C28H21Cl3FN3O3. The van der Waals surface area contributed by atoms with E-state index in [2.05, 4.69) is 15.6 Å². The Balaban J connectivity index is 1.49. The van der Waals surface area contributed by atoms with Gasteiger partial charge in [-0.25, -0.2) is 4.39 Å². The van der Waals surface area contributed by atoms with Crippen molar-refractivity contribution in [1.29, 1.82) is 0 Å². The number of nitrogens with zero attached hydrogens (tertiary/aromatic N) is 1. The molecule has 1 aromatic heterocycles. The van der Waals surface area contributed by atoms with Gasteiger partial charge in [-0.15, -0.1) is 0 Å². The fourth-order valence-electron chi connectivity index (χ4n) is 3.75. The topological polar surface area (TPSA) is 91.3 Å². The number of rotatable bonds is 9. The highest BCUT2D eigenvalue weighted by molar-refractivity contribution is 6.34. The van der Waals surface area contributed by atoms with Gasteiger partial charge < -0.3 is 15.7 Å². The van der Waals surface area contributed by atoms with E-state index in [4.69, 9.17) is 39.9 Å². The number of carbonyl (C=O) groups is 2. The molecule has 10 heteroatoms. The van der Waals surface area contributed by atoms with E-state index in [0.29, 0.717) is 22.2 Å². The van der Waals surface area contributed by atoms with Gasteiger partial charge in [0, 0.05) is 41.1 Å². The molecule has 0 saturated heterocycles. The Morgan fingerprint density at radius 1 is 0.868 bits per heavy atom. The van der Waals surface area contributed by atoms with Crippen molar-refractivity contribution >= 4 is 52.4 Å². The van der Waals surface area contributed by atoms with Crippen LogP contribution in [0.4, 0.5) is 10.1 Å². The molecule has 0 bridgehead atoms. The number of pyridine rings is 1. The molecular weight excluding hydrogens is 552 g/mol. The maximum Gasteiger partial charge on any atom is 0.305 e. The number of anilines is 1. The molecule has 194 valence electrons. The van der Waals surface area contributed by atoms with E-state index >= 15 is 0 Å². The van der Waals surface area contributed by atoms with Crippen LogP contribution in [0.2, 0.25) is 15.1 Å². The standard InChI is InChI=1S/C28H21Cl3FN3O3/c29-19-4-1-17(22(12-19)18-3-8-26(35-15-18)28(38)33-10-9-27(36)37)14-34-20-5-6-21(23(30)13-20)16-2-7-25(32)24(31)11-16/h1-8,11-13,15,34H,9-10,14H2,(H,33,38)(H,36,37). The zero-order valence-electron chi connectivity index (χ0n) is 19.8. The van der Waals surface area contributed by atoms with Crippen molar-refractivity contribution in [2.75, 3.05) is 11.9 Å². The van der Waals surface area contributed by atoms with Gasteiger partial charge >= 0.3 is 5.97 Å². The Morgan fingerprint density at radius 3 is 2.34 bits per heavy atom. The lowest BCUT2D eigenvalue weighted by molar-refractivity contribution is -0.136. The van der Waals surface area contributed by atoms with Gasteiger partial charge in [0.2, 0.25) is 0 Å². The Labute approximate surface area is 233 Å². The maximum absolute atomic E-state index is 13.5. The zero-order chi connectivity index (χ0) is 27.2. The van der Waals surface area contributed by atoms with E-state index < -0.39 is 17.7 Å². The summed E-state index contributed by atoms with van der Waals surface area (Å²) in [5, 5.41) is 15.6. The predicted octanol–water partition coefficient (Wildman–Crippen LogP) is 7.33. The number of aromatic nitrogens is 1. The van der Waals surface area contributed by atoms with E-state index in [1.165, 1.54) is 12.1 Å². The third kappa shape index (κ3) is 6.81. The lowest BCUT2D eigenvalue weighted by Crippen LogP contribution is -2.26. The van der Waals surface area contributed by atoms with Gasteiger partial charge in [-0.2, -0.15) is 0 Å². The third-order valence-electron chi connectivity index (χ3n) is 5.69. The highest BCUT2D eigenvalue weighted by atomic mass is 35.5. The fraction of sp³-hybridized carbons (Fsp3) is 0.107. The zero-order valence-corrected chi connectivity index (χ0v) is 22.0. The first-order chi connectivity index (χ1) is 18.2. The molecule has 1 amide bonds. The van der Waals surface area contributed by atoms with Crippen molar-refractivity contribution in [3.8, 4) is 22.3 Å². The van der Waals surface area contributed by atoms with Crippen molar-refractivity contribution in [2.45, 2.75) is 13.0 Å². The first-order valence-corrected chi connectivity index (χ1v) is 12.6. The van der Waals surface area contributed by atoms with E-state index in [1.54, 1.807) is 36.5 Å². The first-order valence-electron chi connectivity index (χ1n) is 11.4. The van der Waals surface area contributed by atoms with E-state index in [9.17, 15) is 14.0 Å². The highest BCUT2D eigenvalue weighted by Gasteiger charge is 2.12. The van der Waals surface area contributed by atoms with Crippen LogP contribution in [0.15, 0.2) is 72.9 Å². The number of carboxylic acids is 1. The van der Waals surface area contributed by atoms with Crippen LogP contribution >= 0.6 is 34.8 Å². The fourth-order valence-corrected chi connectivity index (χ4v) is 4.40. The lowest BCUT2D eigenvalue weighted by atomic mass is 10.0. The lowest BCUT2D eigenvalue weighted by Gasteiger charge is -2.14. The molecule has 0 fully saturated rings. The van der Waals surface area contributed by atoms with Crippen LogP contribution in [0, 0.1) is 5.82 Å². The number of benzene rings is 3. The molecule has 0 aliphatic carbocycles. The van der Waals surface area contributed by atoms with E-state index in [1.807, 2.05) is 24.3 Å². The van der Waals surface area contributed by atoms with Crippen LogP contribution in [0.3, 0.4) is 0 Å². The molecule has 4 aromatic rings. The summed E-state index contributed by atoms with van der Waals surface area (Å²) < 4.78 is 13.5. The number of amides is 1. The summed E-state index contributed by atoms with van der Waals surface area (Å²) in [5.41, 5.74) is 4.91. The second kappa shape index (κ2) is 12.3. The van der Waals surface area contributed by atoms with Crippen LogP contribution in [0.25, 0.3) is 22.3 Å². The Kier molecular flexibility index (Phi) is 8.84. The molecule has 0 spiro atoms. The Bertz CT molecular complexity index is 1500. The monoisotopic (exact) mass is 571 g/mol. The van der Waals surface area contributed by atoms with Gasteiger partial charge in [0.15, 0.2) is 0 Å². The molecule has 0 aliphatic heterocycles. The summed E-state index contributed by atoms with van der Waals surface area (Å²) in [6.07, 6.45) is 1.40.